The number of hydrogen-bond donors (Lipinski definition) is 2. The van der Waals surface area contributed by atoms with E-state index in [-0.39, 0.29) is 0 Å². The summed E-state index contributed by atoms with van der Waals surface area (Å²) in [6, 6.07) is 7.77. The van der Waals surface area contributed by atoms with Crippen LogP contribution >= 0.6 is 0 Å². The molecule has 0 radical (unpaired) electrons. The zero-order chi connectivity index (χ0) is 12.1. The third kappa shape index (κ3) is 2.93. The molecule has 0 aromatic carbocycles. The number of hydrogen-bond acceptors (Lipinski definition) is 4. The molecule has 0 bridgehead atoms. The second-order valence-corrected chi connectivity index (χ2v) is 3.79. The van der Waals surface area contributed by atoms with Crippen molar-refractivity contribution in [1.82, 2.24) is 9.97 Å². The summed E-state index contributed by atoms with van der Waals surface area (Å²) in [6.45, 7) is 2.83. The van der Waals surface area contributed by atoms with Crippen molar-refractivity contribution in [3.63, 3.8) is 0 Å². The van der Waals surface area contributed by atoms with Crippen molar-refractivity contribution in [3.05, 3.63) is 47.9 Å². The lowest BCUT2D eigenvalue weighted by molar-refractivity contribution is 0.971. The van der Waals surface area contributed by atoms with Gasteiger partial charge in [-0.3, -0.25) is 4.98 Å². The van der Waals surface area contributed by atoms with Gasteiger partial charge in [0.15, 0.2) is 0 Å². The largest absolute Gasteiger partial charge is 0.384 e. The van der Waals surface area contributed by atoms with E-state index in [2.05, 4.69) is 28.3 Å². The van der Waals surface area contributed by atoms with Crippen LogP contribution in [-0.2, 0) is 13.0 Å². The summed E-state index contributed by atoms with van der Waals surface area (Å²) in [5, 5.41) is 3.29. The maximum absolute atomic E-state index is 5.62. The Bertz CT molecular complexity index is 496. The van der Waals surface area contributed by atoms with E-state index in [0.717, 1.165) is 17.8 Å². The SMILES string of the molecule is CCc1cccnc1CNc1ccnc(N)c1. The fourth-order valence-electron chi connectivity index (χ4n) is 1.70. The van der Waals surface area contributed by atoms with Crippen LogP contribution < -0.4 is 11.1 Å². The molecule has 2 rings (SSSR count). The van der Waals surface area contributed by atoms with E-state index < -0.39 is 0 Å². The van der Waals surface area contributed by atoms with Gasteiger partial charge in [0.05, 0.1) is 12.2 Å². The van der Waals surface area contributed by atoms with Gasteiger partial charge in [-0.1, -0.05) is 13.0 Å². The van der Waals surface area contributed by atoms with E-state index in [9.17, 15) is 0 Å². The first-order valence-electron chi connectivity index (χ1n) is 5.67. The van der Waals surface area contributed by atoms with E-state index >= 15 is 0 Å². The Balaban J connectivity index is 2.07. The lowest BCUT2D eigenvalue weighted by Crippen LogP contribution is -2.05. The minimum atomic E-state index is 0.520. The van der Waals surface area contributed by atoms with Crippen molar-refractivity contribution in [1.29, 1.82) is 0 Å². The van der Waals surface area contributed by atoms with Gasteiger partial charge in [0, 0.05) is 24.1 Å². The average Bonchev–Trinajstić information content (AvgIpc) is 2.37. The summed E-state index contributed by atoms with van der Waals surface area (Å²) in [6.07, 6.45) is 4.50. The van der Waals surface area contributed by atoms with Crippen LogP contribution in [0.4, 0.5) is 11.5 Å². The van der Waals surface area contributed by atoms with Gasteiger partial charge in [-0.05, 0) is 24.1 Å². The maximum Gasteiger partial charge on any atom is 0.125 e. The van der Waals surface area contributed by atoms with Crippen LogP contribution in [-0.4, -0.2) is 9.97 Å². The molecule has 17 heavy (non-hydrogen) atoms. The number of pyridine rings is 2. The van der Waals surface area contributed by atoms with Crippen LogP contribution in [0.5, 0.6) is 0 Å². The third-order valence-electron chi connectivity index (χ3n) is 2.61. The summed E-state index contributed by atoms with van der Waals surface area (Å²) in [7, 11) is 0. The predicted molar refractivity (Wildman–Crippen MR) is 69.6 cm³/mol. The molecule has 0 fully saturated rings. The highest BCUT2D eigenvalue weighted by molar-refractivity contribution is 5.49. The van der Waals surface area contributed by atoms with Crippen LogP contribution in [0.25, 0.3) is 0 Å². The molecule has 4 heteroatoms. The highest BCUT2D eigenvalue weighted by atomic mass is 14.9. The van der Waals surface area contributed by atoms with Gasteiger partial charge in [-0.15, -0.1) is 0 Å². The number of anilines is 2. The maximum atomic E-state index is 5.62. The molecule has 0 aliphatic carbocycles. The van der Waals surface area contributed by atoms with E-state index in [4.69, 9.17) is 5.73 Å². The van der Waals surface area contributed by atoms with Gasteiger partial charge in [0.25, 0.3) is 0 Å². The quantitative estimate of drug-likeness (QED) is 0.842. The van der Waals surface area contributed by atoms with Gasteiger partial charge in [0.1, 0.15) is 5.82 Å². The first-order valence-corrected chi connectivity index (χ1v) is 5.67. The van der Waals surface area contributed by atoms with Crippen LogP contribution in [0.15, 0.2) is 36.7 Å². The molecule has 2 heterocycles. The van der Waals surface area contributed by atoms with Crippen molar-refractivity contribution in [2.24, 2.45) is 0 Å². The number of nitrogens with zero attached hydrogens (tertiary/aromatic N) is 2. The molecular weight excluding hydrogens is 212 g/mol. The summed E-state index contributed by atoms with van der Waals surface area (Å²) < 4.78 is 0. The molecule has 0 aliphatic heterocycles. The summed E-state index contributed by atoms with van der Waals surface area (Å²) in [5.74, 6) is 0.520. The zero-order valence-electron chi connectivity index (χ0n) is 9.85. The van der Waals surface area contributed by atoms with Crippen molar-refractivity contribution >= 4 is 11.5 Å². The van der Waals surface area contributed by atoms with Crippen LogP contribution in [0.1, 0.15) is 18.2 Å². The molecule has 0 aliphatic rings. The standard InChI is InChI=1S/C13H16N4/c1-2-10-4-3-6-15-12(10)9-17-11-5-7-16-13(14)8-11/h3-8H,2,9H2,1H3,(H3,14,16,17). The van der Waals surface area contributed by atoms with Crippen LogP contribution in [0.3, 0.4) is 0 Å². The Kier molecular flexibility index (Phi) is 3.55. The second-order valence-electron chi connectivity index (χ2n) is 3.79. The molecule has 88 valence electrons. The van der Waals surface area contributed by atoms with Crippen molar-refractivity contribution in [2.45, 2.75) is 19.9 Å². The minimum absolute atomic E-state index is 0.520. The number of nitrogens with two attached hydrogens (primary N) is 1. The van der Waals surface area contributed by atoms with E-state index in [1.54, 1.807) is 6.20 Å². The molecule has 2 aromatic heterocycles. The van der Waals surface area contributed by atoms with Crippen molar-refractivity contribution in [2.75, 3.05) is 11.1 Å². The Morgan fingerprint density at radius 1 is 1.24 bits per heavy atom. The summed E-state index contributed by atoms with van der Waals surface area (Å²) in [4.78, 5) is 8.33. The summed E-state index contributed by atoms with van der Waals surface area (Å²) in [5.41, 5.74) is 8.92. The Morgan fingerprint density at radius 3 is 2.88 bits per heavy atom. The third-order valence-corrected chi connectivity index (χ3v) is 2.61. The van der Waals surface area contributed by atoms with Gasteiger partial charge < -0.3 is 11.1 Å². The first-order chi connectivity index (χ1) is 8.29. The molecule has 4 nitrogen and oxygen atoms in total. The van der Waals surface area contributed by atoms with Crippen LogP contribution in [0, 0.1) is 0 Å². The highest BCUT2D eigenvalue weighted by Crippen LogP contribution is 2.12. The van der Waals surface area contributed by atoms with Crippen LogP contribution in [0.2, 0.25) is 0 Å². The van der Waals surface area contributed by atoms with Gasteiger partial charge in [-0.2, -0.15) is 0 Å². The van der Waals surface area contributed by atoms with Gasteiger partial charge >= 0.3 is 0 Å². The van der Waals surface area contributed by atoms with Crippen molar-refractivity contribution < 1.29 is 0 Å². The number of nitrogen functional groups attached to an aromatic ring is 1. The van der Waals surface area contributed by atoms with Gasteiger partial charge in [0.2, 0.25) is 0 Å². The summed E-state index contributed by atoms with van der Waals surface area (Å²) >= 11 is 0. The molecule has 0 unspecified atom stereocenters. The van der Waals surface area contributed by atoms with Gasteiger partial charge in [-0.25, -0.2) is 4.98 Å². The topological polar surface area (TPSA) is 63.8 Å². The average molecular weight is 228 g/mol. The molecule has 0 spiro atoms. The molecule has 0 saturated heterocycles. The number of rotatable bonds is 4. The normalized spacial score (nSPS) is 10.2. The molecular formula is C13H16N4. The first kappa shape index (κ1) is 11.4. The van der Waals surface area contributed by atoms with Crippen molar-refractivity contribution in [3.8, 4) is 0 Å². The Hall–Kier alpha value is -2.10. The molecule has 0 saturated carbocycles. The zero-order valence-corrected chi connectivity index (χ0v) is 9.85. The lowest BCUT2D eigenvalue weighted by atomic mass is 10.1. The number of aromatic nitrogens is 2. The fourth-order valence-corrected chi connectivity index (χ4v) is 1.70. The number of nitrogens with one attached hydrogen (secondary N) is 1. The smallest absolute Gasteiger partial charge is 0.125 e. The Labute approximate surface area is 101 Å². The van der Waals surface area contributed by atoms with E-state index in [1.807, 2.05) is 24.4 Å². The minimum Gasteiger partial charge on any atom is -0.384 e. The molecule has 2 aromatic rings. The monoisotopic (exact) mass is 228 g/mol. The molecule has 0 amide bonds. The number of aryl methyl sites for hydroxylation is 1. The highest BCUT2D eigenvalue weighted by Gasteiger charge is 2.01. The predicted octanol–water partition coefficient (Wildman–Crippen LogP) is 2.23. The second kappa shape index (κ2) is 5.30. The Morgan fingerprint density at radius 2 is 2.12 bits per heavy atom. The molecule has 3 N–H and O–H groups in total. The van der Waals surface area contributed by atoms with E-state index in [1.165, 1.54) is 5.56 Å². The molecule has 0 atom stereocenters. The van der Waals surface area contributed by atoms with E-state index in [0.29, 0.717) is 12.4 Å². The fraction of sp³-hybridized carbons (Fsp3) is 0.231. The lowest BCUT2D eigenvalue weighted by Gasteiger charge is -2.09.